The average Bonchev–Trinajstić information content (AvgIpc) is 2.53. The van der Waals surface area contributed by atoms with Crippen LogP contribution in [0.4, 0.5) is 0 Å². The number of ether oxygens (including phenoxy) is 1. The Morgan fingerprint density at radius 3 is 2.48 bits per heavy atom. The third-order valence-corrected chi connectivity index (χ3v) is 5.82. The summed E-state index contributed by atoms with van der Waals surface area (Å²) in [6, 6.07) is 6.59. The normalized spacial score (nSPS) is 19.4. The summed E-state index contributed by atoms with van der Waals surface area (Å²) < 4.78 is 32.7. The van der Waals surface area contributed by atoms with E-state index in [0.29, 0.717) is 36.3 Å². The first kappa shape index (κ1) is 20.2. The van der Waals surface area contributed by atoms with Gasteiger partial charge in [0.15, 0.2) is 0 Å². The smallest absolute Gasteiger partial charge is 0.243 e. The van der Waals surface area contributed by atoms with Gasteiger partial charge in [-0.3, -0.25) is 0 Å². The SMILES string of the molecule is CC(C)COc1ccc(S(=O)(=O)N2CCCCC2CN)cc1.Cl. The summed E-state index contributed by atoms with van der Waals surface area (Å²) in [5.41, 5.74) is 5.73. The lowest BCUT2D eigenvalue weighted by atomic mass is 10.1. The Balaban J connectivity index is 0.00000264. The molecule has 1 saturated heterocycles. The molecule has 0 aromatic heterocycles. The lowest BCUT2D eigenvalue weighted by Crippen LogP contribution is -2.47. The van der Waals surface area contributed by atoms with Crippen molar-refractivity contribution in [1.29, 1.82) is 0 Å². The molecule has 0 radical (unpaired) electrons. The molecule has 7 heteroatoms. The molecule has 0 saturated carbocycles. The van der Waals surface area contributed by atoms with E-state index in [0.717, 1.165) is 19.3 Å². The van der Waals surface area contributed by atoms with E-state index in [2.05, 4.69) is 13.8 Å². The van der Waals surface area contributed by atoms with Gasteiger partial charge in [0.1, 0.15) is 5.75 Å². The van der Waals surface area contributed by atoms with E-state index in [1.165, 1.54) is 0 Å². The maximum absolute atomic E-state index is 12.8. The van der Waals surface area contributed by atoms with Gasteiger partial charge < -0.3 is 10.5 Å². The van der Waals surface area contributed by atoms with Crippen LogP contribution in [0.1, 0.15) is 33.1 Å². The van der Waals surface area contributed by atoms with E-state index in [9.17, 15) is 8.42 Å². The molecule has 1 atom stereocenters. The van der Waals surface area contributed by atoms with Gasteiger partial charge in [0.2, 0.25) is 10.0 Å². The summed E-state index contributed by atoms with van der Waals surface area (Å²) in [5, 5.41) is 0. The molecule has 0 spiro atoms. The number of nitrogens with two attached hydrogens (primary N) is 1. The minimum Gasteiger partial charge on any atom is -0.493 e. The zero-order valence-corrected chi connectivity index (χ0v) is 15.4. The van der Waals surface area contributed by atoms with Gasteiger partial charge >= 0.3 is 0 Å². The number of hydrogen-bond acceptors (Lipinski definition) is 4. The number of halogens is 1. The maximum Gasteiger partial charge on any atom is 0.243 e. The van der Waals surface area contributed by atoms with Crippen molar-refractivity contribution in [1.82, 2.24) is 4.31 Å². The number of nitrogens with zero attached hydrogens (tertiary/aromatic N) is 1. The fourth-order valence-corrected chi connectivity index (χ4v) is 4.34. The molecule has 1 aliphatic rings. The second-order valence-corrected chi connectivity index (χ2v) is 8.07. The van der Waals surface area contributed by atoms with E-state index in [4.69, 9.17) is 10.5 Å². The molecule has 23 heavy (non-hydrogen) atoms. The lowest BCUT2D eigenvalue weighted by molar-refractivity contribution is 0.257. The first-order valence-electron chi connectivity index (χ1n) is 7.90. The molecule has 0 bridgehead atoms. The van der Waals surface area contributed by atoms with Crippen LogP contribution in [0.15, 0.2) is 29.2 Å². The van der Waals surface area contributed by atoms with Crippen LogP contribution in [-0.4, -0.2) is 38.5 Å². The molecule has 1 heterocycles. The third kappa shape index (κ3) is 5.08. The van der Waals surface area contributed by atoms with Crippen molar-refractivity contribution in [2.75, 3.05) is 19.7 Å². The van der Waals surface area contributed by atoms with Crippen molar-refractivity contribution in [3.8, 4) is 5.75 Å². The number of hydrogen-bond donors (Lipinski definition) is 1. The summed E-state index contributed by atoms with van der Waals surface area (Å²) in [4.78, 5) is 0.310. The zero-order valence-electron chi connectivity index (χ0n) is 13.8. The van der Waals surface area contributed by atoms with E-state index in [1.807, 2.05) is 0 Å². The number of piperidine rings is 1. The standard InChI is InChI=1S/C16H26N2O3S.ClH/c1-13(2)12-21-15-6-8-16(9-7-15)22(19,20)18-10-4-3-5-14(18)11-17;/h6-9,13-14H,3-5,10-12,17H2,1-2H3;1H. The van der Waals surface area contributed by atoms with Gasteiger partial charge in [-0.1, -0.05) is 20.3 Å². The lowest BCUT2D eigenvalue weighted by Gasteiger charge is -2.33. The molecular formula is C16H27ClN2O3S. The van der Waals surface area contributed by atoms with E-state index < -0.39 is 10.0 Å². The molecule has 2 N–H and O–H groups in total. The number of sulfonamides is 1. The van der Waals surface area contributed by atoms with E-state index >= 15 is 0 Å². The van der Waals surface area contributed by atoms with E-state index in [1.54, 1.807) is 28.6 Å². The molecule has 1 unspecified atom stereocenters. The summed E-state index contributed by atoms with van der Waals surface area (Å²) >= 11 is 0. The molecule has 2 rings (SSSR count). The minimum atomic E-state index is -3.47. The third-order valence-electron chi connectivity index (χ3n) is 3.86. The van der Waals surface area contributed by atoms with Crippen LogP contribution in [0.3, 0.4) is 0 Å². The Bertz CT molecular complexity index is 575. The molecular weight excluding hydrogens is 336 g/mol. The van der Waals surface area contributed by atoms with Gasteiger partial charge in [-0.05, 0) is 43.0 Å². The van der Waals surface area contributed by atoms with Gasteiger partial charge in [-0.15, -0.1) is 12.4 Å². The van der Waals surface area contributed by atoms with Gasteiger partial charge in [-0.2, -0.15) is 4.31 Å². The number of benzene rings is 1. The zero-order chi connectivity index (χ0) is 16.2. The highest BCUT2D eigenvalue weighted by Crippen LogP contribution is 2.26. The molecule has 0 amide bonds. The largest absolute Gasteiger partial charge is 0.493 e. The van der Waals surface area contributed by atoms with Crippen LogP contribution in [0, 0.1) is 5.92 Å². The van der Waals surface area contributed by atoms with Crippen molar-refractivity contribution in [2.45, 2.75) is 44.0 Å². The molecule has 0 aliphatic carbocycles. The first-order chi connectivity index (χ1) is 10.4. The van der Waals surface area contributed by atoms with Crippen LogP contribution >= 0.6 is 12.4 Å². The first-order valence-corrected chi connectivity index (χ1v) is 9.34. The highest BCUT2D eigenvalue weighted by Gasteiger charge is 2.32. The van der Waals surface area contributed by atoms with Crippen molar-refractivity contribution >= 4 is 22.4 Å². The van der Waals surface area contributed by atoms with Crippen molar-refractivity contribution < 1.29 is 13.2 Å². The molecule has 1 aromatic carbocycles. The molecule has 1 fully saturated rings. The summed E-state index contributed by atoms with van der Waals surface area (Å²) in [6.07, 6.45) is 2.77. The summed E-state index contributed by atoms with van der Waals surface area (Å²) in [7, 11) is -3.47. The Hall–Kier alpha value is -0.820. The van der Waals surface area contributed by atoms with Crippen LogP contribution < -0.4 is 10.5 Å². The average molecular weight is 363 g/mol. The van der Waals surface area contributed by atoms with Gasteiger partial charge in [0, 0.05) is 19.1 Å². The van der Waals surface area contributed by atoms with Crippen molar-refractivity contribution in [3.63, 3.8) is 0 Å². The predicted octanol–water partition coefficient (Wildman–Crippen LogP) is 2.65. The van der Waals surface area contributed by atoms with Crippen LogP contribution in [0.2, 0.25) is 0 Å². The molecule has 1 aromatic rings. The van der Waals surface area contributed by atoms with Gasteiger partial charge in [-0.25, -0.2) is 8.42 Å². The quantitative estimate of drug-likeness (QED) is 0.844. The van der Waals surface area contributed by atoms with Crippen LogP contribution in [0.5, 0.6) is 5.75 Å². The highest BCUT2D eigenvalue weighted by molar-refractivity contribution is 7.89. The second kappa shape index (κ2) is 8.87. The summed E-state index contributed by atoms with van der Waals surface area (Å²) in [6.45, 7) is 5.68. The minimum absolute atomic E-state index is 0. The predicted molar refractivity (Wildman–Crippen MR) is 94.6 cm³/mol. The number of rotatable bonds is 6. The highest BCUT2D eigenvalue weighted by atomic mass is 35.5. The monoisotopic (exact) mass is 362 g/mol. The Morgan fingerprint density at radius 1 is 1.26 bits per heavy atom. The molecule has 132 valence electrons. The van der Waals surface area contributed by atoms with Crippen LogP contribution in [-0.2, 0) is 10.0 Å². The Labute approximate surface area is 145 Å². The second-order valence-electron chi connectivity index (χ2n) is 6.18. The Morgan fingerprint density at radius 2 is 1.91 bits per heavy atom. The maximum atomic E-state index is 12.8. The fraction of sp³-hybridized carbons (Fsp3) is 0.625. The fourth-order valence-electron chi connectivity index (χ4n) is 2.63. The van der Waals surface area contributed by atoms with Gasteiger partial charge in [0.25, 0.3) is 0 Å². The van der Waals surface area contributed by atoms with Crippen molar-refractivity contribution in [2.24, 2.45) is 11.7 Å². The molecule has 1 aliphatic heterocycles. The van der Waals surface area contributed by atoms with E-state index in [-0.39, 0.29) is 18.4 Å². The molecule has 5 nitrogen and oxygen atoms in total. The van der Waals surface area contributed by atoms with Crippen molar-refractivity contribution in [3.05, 3.63) is 24.3 Å². The van der Waals surface area contributed by atoms with Gasteiger partial charge in [0.05, 0.1) is 11.5 Å². The topological polar surface area (TPSA) is 72.6 Å². The Kier molecular flexibility index (Phi) is 7.80. The van der Waals surface area contributed by atoms with Crippen LogP contribution in [0.25, 0.3) is 0 Å². The summed E-state index contributed by atoms with van der Waals surface area (Å²) in [5.74, 6) is 1.13.